The number of nitrogens with zero attached hydrogens (tertiary/aromatic N) is 6. The number of carbonyl (C=O) groups excluding carboxylic acids is 1. The van der Waals surface area contributed by atoms with Crippen LogP contribution in [0.4, 0.5) is 11.5 Å². The number of hydrogen-bond acceptors (Lipinski definition) is 8. The van der Waals surface area contributed by atoms with E-state index in [1.54, 1.807) is 7.11 Å². The fourth-order valence-corrected chi connectivity index (χ4v) is 4.72. The number of benzene rings is 1. The van der Waals surface area contributed by atoms with Crippen LogP contribution in [0.2, 0.25) is 0 Å². The highest BCUT2D eigenvalue weighted by Crippen LogP contribution is 2.30. The molecule has 4 heterocycles. The number of fused-ring (bicyclic) bond motifs is 1. The molecule has 2 aromatic heterocycles. The summed E-state index contributed by atoms with van der Waals surface area (Å²) in [6, 6.07) is 8.11. The standard InChI is InChI=1S/C23H28N6O3/c1-16-20-21(24-15-25-22(20)32-26-16)28-9-7-17(8-10-28)23(30)29-13-11-27(12-14-29)18-3-5-19(31-2)6-4-18/h3-6,15,17H,7-14H2,1-2H3. The summed E-state index contributed by atoms with van der Waals surface area (Å²) in [6.45, 7) is 6.71. The molecule has 1 amide bonds. The molecule has 9 nitrogen and oxygen atoms in total. The summed E-state index contributed by atoms with van der Waals surface area (Å²) in [5.74, 6) is 2.07. The first-order valence-corrected chi connectivity index (χ1v) is 11.1. The van der Waals surface area contributed by atoms with E-state index in [1.165, 1.54) is 12.0 Å². The van der Waals surface area contributed by atoms with Crippen LogP contribution in [0.1, 0.15) is 18.5 Å². The van der Waals surface area contributed by atoms with Crippen LogP contribution in [-0.2, 0) is 4.79 Å². The number of piperidine rings is 1. The summed E-state index contributed by atoms with van der Waals surface area (Å²) in [5, 5.41) is 4.88. The SMILES string of the molecule is COc1ccc(N2CCN(C(=O)C3CCN(c4ncnc5onc(C)c45)CC3)CC2)cc1. The van der Waals surface area contributed by atoms with Gasteiger partial charge in [0.15, 0.2) is 0 Å². The molecule has 2 saturated heterocycles. The summed E-state index contributed by atoms with van der Waals surface area (Å²) in [5.41, 5.74) is 2.48. The van der Waals surface area contributed by atoms with Crippen LogP contribution in [0.25, 0.3) is 11.1 Å². The maximum absolute atomic E-state index is 13.2. The number of aryl methyl sites for hydroxylation is 1. The van der Waals surface area contributed by atoms with E-state index in [9.17, 15) is 4.79 Å². The Hall–Kier alpha value is -3.36. The second kappa shape index (κ2) is 8.64. The Kier molecular flexibility index (Phi) is 5.55. The summed E-state index contributed by atoms with van der Waals surface area (Å²) < 4.78 is 10.5. The van der Waals surface area contributed by atoms with E-state index in [0.717, 1.165) is 74.8 Å². The van der Waals surface area contributed by atoms with Crippen molar-refractivity contribution in [2.45, 2.75) is 19.8 Å². The highest BCUT2D eigenvalue weighted by atomic mass is 16.5. The molecule has 2 aliphatic rings. The van der Waals surface area contributed by atoms with Crippen LogP contribution >= 0.6 is 0 Å². The Labute approximate surface area is 186 Å². The average molecular weight is 437 g/mol. The minimum Gasteiger partial charge on any atom is -0.497 e. The number of hydrogen-bond donors (Lipinski definition) is 0. The first-order valence-electron chi connectivity index (χ1n) is 11.1. The molecule has 3 aromatic rings. The zero-order valence-electron chi connectivity index (χ0n) is 18.5. The molecule has 2 fully saturated rings. The topological polar surface area (TPSA) is 87.8 Å². The number of aromatic nitrogens is 3. The molecule has 0 spiro atoms. The Morgan fingerprint density at radius 1 is 1.00 bits per heavy atom. The average Bonchev–Trinajstić information content (AvgIpc) is 3.25. The number of rotatable bonds is 4. The third kappa shape index (κ3) is 3.83. The maximum atomic E-state index is 13.2. The van der Waals surface area contributed by atoms with Crippen molar-refractivity contribution in [3.63, 3.8) is 0 Å². The largest absolute Gasteiger partial charge is 0.497 e. The van der Waals surface area contributed by atoms with Crippen molar-refractivity contribution in [1.29, 1.82) is 0 Å². The molecule has 0 radical (unpaired) electrons. The molecular formula is C23H28N6O3. The quantitative estimate of drug-likeness (QED) is 0.617. The number of piperazine rings is 1. The summed E-state index contributed by atoms with van der Waals surface area (Å²) in [6.07, 6.45) is 3.17. The third-order valence-electron chi connectivity index (χ3n) is 6.60. The lowest BCUT2D eigenvalue weighted by Crippen LogP contribution is -2.51. The summed E-state index contributed by atoms with van der Waals surface area (Å²) in [4.78, 5) is 28.4. The van der Waals surface area contributed by atoms with Gasteiger partial charge in [-0.1, -0.05) is 5.16 Å². The van der Waals surface area contributed by atoms with Gasteiger partial charge in [0, 0.05) is 50.9 Å². The molecule has 2 aliphatic heterocycles. The predicted octanol–water partition coefficient (Wildman–Crippen LogP) is 2.50. The van der Waals surface area contributed by atoms with Crippen molar-refractivity contribution >= 4 is 28.5 Å². The van der Waals surface area contributed by atoms with E-state index in [-0.39, 0.29) is 11.8 Å². The number of methoxy groups -OCH3 is 1. The van der Waals surface area contributed by atoms with Gasteiger partial charge in [-0.25, -0.2) is 4.98 Å². The van der Waals surface area contributed by atoms with Gasteiger partial charge in [0.25, 0.3) is 5.71 Å². The second-order valence-electron chi connectivity index (χ2n) is 8.42. The number of amides is 1. The Balaban J connectivity index is 1.17. The van der Waals surface area contributed by atoms with Gasteiger partial charge in [0.1, 0.15) is 23.3 Å². The predicted molar refractivity (Wildman–Crippen MR) is 121 cm³/mol. The van der Waals surface area contributed by atoms with Crippen LogP contribution in [0, 0.1) is 12.8 Å². The molecular weight excluding hydrogens is 408 g/mol. The van der Waals surface area contributed by atoms with Crippen LogP contribution in [-0.4, -0.2) is 72.3 Å². The van der Waals surface area contributed by atoms with Crippen LogP contribution in [0.5, 0.6) is 5.75 Å². The lowest BCUT2D eigenvalue weighted by atomic mass is 9.94. The highest BCUT2D eigenvalue weighted by molar-refractivity contribution is 5.88. The molecule has 1 aromatic carbocycles. The summed E-state index contributed by atoms with van der Waals surface area (Å²) >= 11 is 0. The fourth-order valence-electron chi connectivity index (χ4n) is 4.72. The Bertz CT molecular complexity index is 1080. The molecule has 0 unspecified atom stereocenters. The first kappa shape index (κ1) is 20.5. The molecule has 0 saturated carbocycles. The smallest absolute Gasteiger partial charge is 0.263 e. The van der Waals surface area contributed by atoms with Crippen LogP contribution < -0.4 is 14.5 Å². The third-order valence-corrected chi connectivity index (χ3v) is 6.60. The van der Waals surface area contributed by atoms with Crippen molar-refractivity contribution in [2.75, 3.05) is 56.2 Å². The summed E-state index contributed by atoms with van der Waals surface area (Å²) in [7, 11) is 1.67. The van der Waals surface area contributed by atoms with Gasteiger partial charge < -0.3 is 24.0 Å². The minimum absolute atomic E-state index is 0.0692. The normalized spacial score (nSPS) is 17.8. The molecule has 0 aliphatic carbocycles. The van der Waals surface area contributed by atoms with Gasteiger partial charge in [-0.05, 0) is 44.0 Å². The van der Waals surface area contributed by atoms with E-state index in [1.807, 2.05) is 24.0 Å². The number of carbonyl (C=O) groups is 1. The number of ether oxygens (including phenoxy) is 1. The first-order chi connectivity index (χ1) is 15.6. The zero-order valence-corrected chi connectivity index (χ0v) is 18.5. The second-order valence-corrected chi connectivity index (χ2v) is 8.42. The fraction of sp³-hybridized carbons (Fsp3) is 0.478. The van der Waals surface area contributed by atoms with Crippen molar-refractivity contribution in [3.8, 4) is 5.75 Å². The zero-order chi connectivity index (χ0) is 22.1. The minimum atomic E-state index is 0.0692. The molecule has 32 heavy (non-hydrogen) atoms. The monoisotopic (exact) mass is 436 g/mol. The molecule has 0 atom stereocenters. The number of anilines is 2. The van der Waals surface area contributed by atoms with Gasteiger partial charge >= 0.3 is 0 Å². The van der Waals surface area contributed by atoms with Gasteiger partial charge in [-0.3, -0.25) is 4.79 Å². The lowest BCUT2D eigenvalue weighted by Gasteiger charge is -2.39. The lowest BCUT2D eigenvalue weighted by molar-refractivity contribution is -0.136. The van der Waals surface area contributed by atoms with Gasteiger partial charge in [-0.15, -0.1) is 0 Å². The molecule has 0 N–H and O–H groups in total. The van der Waals surface area contributed by atoms with E-state index < -0.39 is 0 Å². The van der Waals surface area contributed by atoms with Crippen LogP contribution in [0.15, 0.2) is 35.1 Å². The van der Waals surface area contributed by atoms with Gasteiger partial charge in [0.05, 0.1) is 12.8 Å². The highest BCUT2D eigenvalue weighted by Gasteiger charge is 2.31. The van der Waals surface area contributed by atoms with E-state index in [0.29, 0.717) is 5.71 Å². The van der Waals surface area contributed by atoms with E-state index in [4.69, 9.17) is 9.26 Å². The van der Waals surface area contributed by atoms with E-state index >= 15 is 0 Å². The van der Waals surface area contributed by atoms with Crippen LogP contribution in [0.3, 0.4) is 0 Å². The van der Waals surface area contributed by atoms with Crippen molar-refractivity contribution in [1.82, 2.24) is 20.0 Å². The molecule has 0 bridgehead atoms. The Morgan fingerprint density at radius 2 is 1.72 bits per heavy atom. The molecule has 9 heteroatoms. The van der Waals surface area contributed by atoms with Crippen molar-refractivity contribution < 1.29 is 14.1 Å². The van der Waals surface area contributed by atoms with Crippen molar-refractivity contribution in [2.24, 2.45) is 5.92 Å². The maximum Gasteiger partial charge on any atom is 0.263 e. The van der Waals surface area contributed by atoms with Crippen molar-refractivity contribution in [3.05, 3.63) is 36.3 Å². The van der Waals surface area contributed by atoms with Gasteiger partial charge in [0.2, 0.25) is 5.91 Å². The molecule has 168 valence electrons. The molecule has 5 rings (SSSR count). The Morgan fingerprint density at radius 3 is 2.41 bits per heavy atom. The van der Waals surface area contributed by atoms with Gasteiger partial charge in [-0.2, -0.15) is 4.98 Å². The van der Waals surface area contributed by atoms with E-state index in [2.05, 4.69) is 37.1 Å².